The average Bonchev–Trinajstić information content (AvgIpc) is 2.37. The Hall–Kier alpha value is -1.06. The van der Waals surface area contributed by atoms with Crippen LogP contribution in [0.4, 0.5) is 0 Å². The first-order chi connectivity index (χ1) is 8.67. The zero-order valence-corrected chi connectivity index (χ0v) is 12.0. The van der Waals surface area contributed by atoms with Crippen LogP contribution in [0.25, 0.3) is 0 Å². The van der Waals surface area contributed by atoms with E-state index in [1.54, 1.807) is 0 Å². The maximum Gasteiger partial charge on any atom is 0.142 e. The summed E-state index contributed by atoms with van der Waals surface area (Å²) >= 11 is 5.62. The van der Waals surface area contributed by atoms with Gasteiger partial charge in [-0.2, -0.15) is 0 Å². The predicted octanol–water partition coefficient (Wildman–Crippen LogP) is 3.41. The molecule has 0 bridgehead atoms. The van der Waals surface area contributed by atoms with Gasteiger partial charge in [0.25, 0.3) is 0 Å². The third kappa shape index (κ3) is 5.07. The fourth-order valence-electron chi connectivity index (χ4n) is 1.46. The van der Waals surface area contributed by atoms with Gasteiger partial charge in [0.1, 0.15) is 12.4 Å². The second-order valence-corrected chi connectivity index (χ2v) is 4.54. The van der Waals surface area contributed by atoms with Crippen LogP contribution in [0.3, 0.4) is 0 Å². The number of hydrogen-bond acceptors (Lipinski definition) is 3. The van der Waals surface area contributed by atoms with Gasteiger partial charge in [-0.25, -0.2) is 0 Å². The summed E-state index contributed by atoms with van der Waals surface area (Å²) in [5.41, 5.74) is 4.48. The molecule has 0 aromatic carbocycles. The van der Waals surface area contributed by atoms with Crippen molar-refractivity contribution in [2.45, 2.75) is 33.7 Å². The zero-order valence-electron chi connectivity index (χ0n) is 11.3. The highest BCUT2D eigenvalue weighted by Gasteiger charge is 2.05. The molecule has 0 amide bonds. The van der Waals surface area contributed by atoms with Crippen LogP contribution in [-0.2, 0) is 6.54 Å². The fraction of sp³-hybridized carbons (Fsp3) is 0.500. The van der Waals surface area contributed by atoms with Crippen LogP contribution in [-0.4, -0.2) is 18.1 Å². The number of nitrogens with zero attached hydrogens (tertiary/aromatic N) is 1. The third-order valence-corrected chi connectivity index (χ3v) is 2.80. The Labute approximate surface area is 114 Å². The molecule has 1 aromatic heterocycles. The third-order valence-electron chi connectivity index (χ3n) is 2.43. The van der Waals surface area contributed by atoms with Gasteiger partial charge in [0.05, 0.1) is 5.69 Å². The van der Waals surface area contributed by atoms with Crippen molar-refractivity contribution >= 4 is 11.6 Å². The first-order valence-electron chi connectivity index (χ1n) is 6.23. The number of nitrogens with one attached hydrogen (secondary N) is 1. The Balaban J connectivity index is 2.69. The van der Waals surface area contributed by atoms with Gasteiger partial charge in [-0.1, -0.05) is 18.5 Å². The lowest BCUT2D eigenvalue weighted by atomic mass is 10.2. The first-order valence-corrected chi connectivity index (χ1v) is 6.67. The number of halogens is 1. The first kappa shape index (κ1) is 15.0. The quantitative estimate of drug-likeness (QED) is 0.770. The average molecular weight is 269 g/mol. The summed E-state index contributed by atoms with van der Waals surface area (Å²) in [5, 5.41) is 3.34. The molecule has 0 aliphatic rings. The molecule has 0 atom stereocenters. The van der Waals surface area contributed by atoms with E-state index in [0.29, 0.717) is 6.61 Å². The summed E-state index contributed by atoms with van der Waals surface area (Å²) in [4.78, 5) is 4.51. The van der Waals surface area contributed by atoms with Crippen LogP contribution in [0, 0.1) is 6.92 Å². The van der Waals surface area contributed by atoms with Gasteiger partial charge in [0.15, 0.2) is 0 Å². The van der Waals surface area contributed by atoms with E-state index in [1.807, 2.05) is 26.0 Å². The molecule has 3 nitrogen and oxygen atoms in total. The van der Waals surface area contributed by atoms with Crippen molar-refractivity contribution in [1.82, 2.24) is 10.3 Å². The van der Waals surface area contributed by atoms with Crippen LogP contribution < -0.4 is 10.1 Å². The molecule has 0 saturated carbocycles. The molecule has 0 aliphatic heterocycles. The van der Waals surface area contributed by atoms with Crippen molar-refractivity contribution in [2.75, 3.05) is 13.2 Å². The number of pyridine rings is 1. The molecule has 0 aliphatic carbocycles. The molecule has 1 heterocycles. The van der Waals surface area contributed by atoms with Crippen LogP contribution in [0.2, 0.25) is 0 Å². The van der Waals surface area contributed by atoms with Gasteiger partial charge >= 0.3 is 0 Å². The SMILES string of the molecule is CCCNCc1nc(C)ccc1OC/C(C)=C/Cl. The van der Waals surface area contributed by atoms with Gasteiger partial charge in [-0.15, -0.1) is 0 Å². The second kappa shape index (κ2) is 8.11. The summed E-state index contributed by atoms with van der Waals surface area (Å²) in [5.74, 6) is 0.821. The molecule has 18 heavy (non-hydrogen) atoms. The predicted molar refractivity (Wildman–Crippen MR) is 76.1 cm³/mol. The van der Waals surface area contributed by atoms with Crippen molar-refractivity contribution in [1.29, 1.82) is 0 Å². The molecule has 1 N–H and O–H groups in total. The highest BCUT2D eigenvalue weighted by Crippen LogP contribution is 2.17. The maximum atomic E-state index is 5.72. The zero-order chi connectivity index (χ0) is 13.4. The van der Waals surface area contributed by atoms with E-state index in [1.165, 1.54) is 5.54 Å². The number of ether oxygens (including phenoxy) is 1. The maximum absolute atomic E-state index is 5.72. The molecule has 0 fully saturated rings. The summed E-state index contributed by atoms with van der Waals surface area (Å²) in [6, 6.07) is 3.92. The highest BCUT2D eigenvalue weighted by molar-refractivity contribution is 6.25. The molecule has 1 aromatic rings. The largest absolute Gasteiger partial charge is 0.487 e. The van der Waals surface area contributed by atoms with Gasteiger partial charge in [0, 0.05) is 17.8 Å². The molecule has 0 spiro atoms. The molecule has 4 heteroatoms. The Bertz CT molecular complexity index is 405. The van der Waals surface area contributed by atoms with Crippen molar-refractivity contribution in [3.63, 3.8) is 0 Å². The van der Waals surface area contributed by atoms with Crippen LogP contribution >= 0.6 is 11.6 Å². The molecular weight excluding hydrogens is 248 g/mol. The van der Waals surface area contributed by atoms with E-state index in [9.17, 15) is 0 Å². The van der Waals surface area contributed by atoms with Gasteiger partial charge < -0.3 is 10.1 Å². The number of aromatic nitrogens is 1. The van der Waals surface area contributed by atoms with E-state index in [4.69, 9.17) is 16.3 Å². The van der Waals surface area contributed by atoms with Gasteiger partial charge in [-0.05, 0) is 44.5 Å². The summed E-state index contributed by atoms with van der Waals surface area (Å²) in [6.45, 7) is 8.27. The number of aryl methyl sites for hydroxylation is 1. The van der Waals surface area contributed by atoms with Crippen LogP contribution in [0.5, 0.6) is 5.75 Å². The highest BCUT2D eigenvalue weighted by atomic mass is 35.5. The summed E-state index contributed by atoms with van der Waals surface area (Å²) in [7, 11) is 0. The van der Waals surface area contributed by atoms with E-state index < -0.39 is 0 Å². The van der Waals surface area contributed by atoms with E-state index in [-0.39, 0.29) is 0 Å². The monoisotopic (exact) mass is 268 g/mol. The van der Waals surface area contributed by atoms with Gasteiger partial charge in [-0.3, -0.25) is 4.98 Å². The number of rotatable bonds is 7. The van der Waals surface area contributed by atoms with Crippen LogP contribution in [0.15, 0.2) is 23.2 Å². The second-order valence-electron chi connectivity index (χ2n) is 4.32. The Morgan fingerprint density at radius 3 is 2.94 bits per heavy atom. The Morgan fingerprint density at radius 1 is 1.50 bits per heavy atom. The minimum absolute atomic E-state index is 0.495. The van der Waals surface area contributed by atoms with Crippen molar-refractivity contribution < 1.29 is 4.74 Å². The normalized spacial score (nSPS) is 11.7. The minimum Gasteiger partial charge on any atom is -0.487 e. The molecular formula is C14H21ClN2O. The minimum atomic E-state index is 0.495. The van der Waals surface area contributed by atoms with Crippen molar-refractivity contribution in [3.05, 3.63) is 34.6 Å². The van der Waals surface area contributed by atoms with Crippen molar-refractivity contribution in [3.8, 4) is 5.75 Å². The lowest BCUT2D eigenvalue weighted by molar-refractivity contribution is 0.345. The number of hydrogen-bond donors (Lipinski definition) is 1. The lowest BCUT2D eigenvalue weighted by Gasteiger charge is -2.12. The van der Waals surface area contributed by atoms with E-state index in [2.05, 4.69) is 17.2 Å². The van der Waals surface area contributed by atoms with E-state index >= 15 is 0 Å². The molecule has 0 radical (unpaired) electrons. The molecule has 100 valence electrons. The Morgan fingerprint density at radius 2 is 2.28 bits per heavy atom. The van der Waals surface area contributed by atoms with Gasteiger partial charge in [0.2, 0.25) is 0 Å². The molecule has 1 rings (SSSR count). The molecule has 0 unspecified atom stereocenters. The van der Waals surface area contributed by atoms with Crippen LogP contribution in [0.1, 0.15) is 31.7 Å². The van der Waals surface area contributed by atoms with Crippen molar-refractivity contribution in [2.24, 2.45) is 0 Å². The van der Waals surface area contributed by atoms with E-state index in [0.717, 1.165) is 42.2 Å². The topological polar surface area (TPSA) is 34.2 Å². The fourth-order valence-corrected chi connectivity index (χ4v) is 1.53. The lowest BCUT2D eigenvalue weighted by Crippen LogP contribution is -2.16. The summed E-state index contributed by atoms with van der Waals surface area (Å²) < 4.78 is 5.72. The molecule has 0 saturated heterocycles. The standard InChI is InChI=1S/C14H21ClN2O/c1-4-7-16-9-13-14(6-5-12(3)17-13)18-10-11(2)8-15/h5-6,8,16H,4,7,9-10H2,1-3H3/b11-8+. The smallest absolute Gasteiger partial charge is 0.142 e. The summed E-state index contributed by atoms with van der Waals surface area (Å²) in [6.07, 6.45) is 1.11. The Kier molecular flexibility index (Phi) is 6.76.